The van der Waals surface area contributed by atoms with E-state index >= 15 is 0 Å². The fourth-order valence-corrected chi connectivity index (χ4v) is 4.91. The first-order valence-electron chi connectivity index (χ1n) is 10.9. The number of nitro benzene ring substituents is 1. The van der Waals surface area contributed by atoms with Gasteiger partial charge in [-0.15, -0.1) is 0 Å². The Morgan fingerprint density at radius 2 is 2.00 bits per heavy atom. The predicted octanol–water partition coefficient (Wildman–Crippen LogP) is 4.42. The van der Waals surface area contributed by atoms with E-state index in [9.17, 15) is 19.3 Å². The molecule has 0 aliphatic carbocycles. The first-order chi connectivity index (χ1) is 17.0. The Bertz CT molecular complexity index is 1390. The Morgan fingerprint density at radius 1 is 1.17 bits per heavy atom. The standard InChI is InChI=1S/C24H20FN5O4S/c25-18-5-3-6-21-22(18)27-24(35-21)29(15-17-4-1-2-9-26-17)23(31)16-7-8-19(20(14-16)30(32)33)28-10-12-34-13-11-28/h1-9,14H,10-13,15H2. The zero-order valence-corrected chi connectivity index (χ0v) is 19.3. The number of carbonyl (C=O) groups is 1. The van der Waals surface area contributed by atoms with E-state index in [4.69, 9.17) is 4.74 Å². The fraction of sp³-hybridized carbons (Fsp3) is 0.208. The van der Waals surface area contributed by atoms with Crippen LogP contribution >= 0.6 is 11.3 Å². The van der Waals surface area contributed by atoms with Crippen molar-refractivity contribution < 1.29 is 18.8 Å². The average molecular weight is 494 g/mol. The largest absolute Gasteiger partial charge is 0.378 e. The monoisotopic (exact) mass is 493 g/mol. The smallest absolute Gasteiger partial charge is 0.293 e. The van der Waals surface area contributed by atoms with E-state index in [1.54, 1.807) is 48.7 Å². The number of benzene rings is 2. The van der Waals surface area contributed by atoms with Crippen molar-refractivity contribution in [2.24, 2.45) is 0 Å². The molecule has 1 aliphatic rings. The van der Waals surface area contributed by atoms with Gasteiger partial charge < -0.3 is 9.64 Å². The molecule has 0 bridgehead atoms. The van der Waals surface area contributed by atoms with Gasteiger partial charge in [-0.2, -0.15) is 0 Å². The summed E-state index contributed by atoms with van der Waals surface area (Å²) in [5, 5.41) is 12.2. The number of rotatable bonds is 6. The Morgan fingerprint density at radius 3 is 2.71 bits per heavy atom. The molecule has 11 heteroatoms. The van der Waals surface area contributed by atoms with Gasteiger partial charge in [0.25, 0.3) is 11.6 Å². The van der Waals surface area contributed by atoms with Crippen LogP contribution in [0.4, 0.5) is 20.9 Å². The van der Waals surface area contributed by atoms with Crippen molar-refractivity contribution in [1.82, 2.24) is 9.97 Å². The molecule has 0 N–H and O–H groups in total. The highest BCUT2D eigenvalue weighted by Gasteiger charge is 2.27. The van der Waals surface area contributed by atoms with Crippen molar-refractivity contribution in [2.45, 2.75) is 6.54 Å². The Labute approximate surface area is 203 Å². The molecule has 35 heavy (non-hydrogen) atoms. The maximum Gasteiger partial charge on any atom is 0.293 e. The zero-order chi connectivity index (χ0) is 24.4. The number of aromatic nitrogens is 2. The van der Waals surface area contributed by atoms with E-state index in [0.29, 0.717) is 42.4 Å². The molecule has 178 valence electrons. The number of carbonyl (C=O) groups excluding carboxylic acids is 1. The van der Waals surface area contributed by atoms with Crippen LogP contribution in [0.3, 0.4) is 0 Å². The molecular weight excluding hydrogens is 473 g/mol. The molecule has 0 atom stereocenters. The summed E-state index contributed by atoms with van der Waals surface area (Å²) in [6, 6.07) is 14.4. The summed E-state index contributed by atoms with van der Waals surface area (Å²) >= 11 is 1.17. The topological polar surface area (TPSA) is 102 Å². The number of fused-ring (bicyclic) bond motifs is 1. The second kappa shape index (κ2) is 9.72. The van der Waals surface area contributed by atoms with Gasteiger partial charge in [0, 0.05) is 30.9 Å². The van der Waals surface area contributed by atoms with E-state index < -0.39 is 16.6 Å². The first-order valence-corrected chi connectivity index (χ1v) is 11.7. The Kier molecular flexibility index (Phi) is 6.34. The number of anilines is 2. The SMILES string of the molecule is O=C(c1ccc(N2CCOCC2)c([N+](=O)[O-])c1)N(Cc1ccccn1)c1nc2c(F)cccc2s1. The number of pyridine rings is 1. The molecule has 1 saturated heterocycles. The maximum atomic E-state index is 14.3. The quantitative estimate of drug-likeness (QED) is 0.289. The minimum absolute atomic E-state index is 0.0696. The van der Waals surface area contributed by atoms with Crippen molar-refractivity contribution in [3.63, 3.8) is 0 Å². The van der Waals surface area contributed by atoms with Gasteiger partial charge in [-0.3, -0.25) is 24.8 Å². The summed E-state index contributed by atoms with van der Waals surface area (Å²) in [4.78, 5) is 37.0. The molecule has 1 amide bonds. The summed E-state index contributed by atoms with van der Waals surface area (Å²) in [5.41, 5.74) is 1.17. The Hall–Kier alpha value is -3.96. The van der Waals surface area contributed by atoms with Gasteiger partial charge >= 0.3 is 0 Å². The van der Waals surface area contributed by atoms with E-state index in [2.05, 4.69) is 9.97 Å². The number of para-hydroxylation sites is 1. The number of hydrogen-bond donors (Lipinski definition) is 0. The first kappa shape index (κ1) is 22.8. The molecule has 0 spiro atoms. The van der Waals surface area contributed by atoms with Gasteiger partial charge in [-0.05, 0) is 36.4 Å². The van der Waals surface area contributed by atoms with Crippen molar-refractivity contribution in [2.75, 3.05) is 36.1 Å². The lowest BCUT2D eigenvalue weighted by Crippen LogP contribution is -2.36. The number of nitro groups is 1. The normalized spacial score (nSPS) is 13.7. The van der Waals surface area contributed by atoms with Crippen LogP contribution in [0.5, 0.6) is 0 Å². The van der Waals surface area contributed by atoms with Gasteiger partial charge in [-0.25, -0.2) is 9.37 Å². The minimum atomic E-state index is -0.494. The van der Waals surface area contributed by atoms with Crippen LogP contribution in [-0.4, -0.2) is 47.1 Å². The van der Waals surface area contributed by atoms with Crippen LogP contribution in [0.15, 0.2) is 60.8 Å². The third-order valence-corrected chi connectivity index (χ3v) is 6.70. The molecule has 0 unspecified atom stereocenters. The molecule has 2 aromatic carbocycles. The summed E-state index contributed by atoms with van der Waals surface area (Å²) in [7, 11) is 0. The lowest BCUT2D eigenvalue weighted by Gasteiger charge is -2.28. The Balaban J connectivity index is 1.55. The number of thiazole rings is 1. The van der Waals surface area contributed by atoms with Crippen LogP contribution in [0.25, 0.3) is 10.2 Å². The second-order valence-electron chi connectivity index (χ2n) is 7.86. The van der Waals surface area contributed by atoms with Crippen molar-refractivity contribution >= 4 is 44.0 Å². The molecule has 3 heterocycles. The highest BCUT2D eigenvalue weighted by molar-refractivity contribution is 7.22. The zero-order valence-electron chi connectivity index (χ0n) is 18.5. The second-order valence-corrected chi connectivity index (χ2v) is 8.86. The molecule has 2 aromatic heterocycles. The lowest BCUT2D eigenvalue weighted by molar-refractivity contribution is -0.384. The third kappa shape index (κ3) is 4.68. The highest BCUT2D eigenvalue weighted by atomic mass is 32.1. The van der Waals surface area contributed by atoms with Crippen LogP contribution < -0.4 is 9.80 Å². The van der Waals surface area contributed by atoms with Gasteiger partial charge in [0.2, 0.25) is 0 Å². The van der Waals surface area contributed by atoms with Crippen LogP contribution in [-0.2, 0) is 11.3 Å². The molecule has 0 radical (unpaired) electrons. The minimum Gasteiger partial charge on any atom is -0.378 e. The van der Waals surface area contributed by atoms with E-state index in [0.717, 1.165) is 0 Å². The maximum absolute atomic E-state index is 14.3. The molecule has 9 nitrogen and oxygen atoms in total. The van der Waals surface area contributed by atoms with Crippen molar-refractivity contribution in [3.05, 3.63) is 88.0 Å². The summed E-state index contributed by atoms with van der Waals surface area (Å²) in [6.45, 7) is 2.07. The van der Waals surface area contributed by atoms with Gasteiger partial charge in [0.15, 0.2) is 5.13 Å². The highest BCUT2D eigenvalue weighted by Crippen LogP contribution is 2.34. The van der Waals surface area contributed by atoms with E-state index in [1.807, 2.05) is 4.90 Å². The van der Waals surface area contributed by atoms with Crippen LogP contribution in [0, 0.1) is 15.9 Å². The fourth-order valence-electron chi connectivity index (χ4n) is 3.93. The van der Waals surface area contributed by atoms with Gasteiger partial charge in [-0.1, -0.05) is 23.5 Å². The van der Waals surface area contributed by atoms with E-state index in [1.165, 1.54) is 28.4 Å². The molecule has 0 saturated carbocycles. The number of halogens is 1. The molecule has 5 rings (SSSR count). The summed E-state index contributed by atoms with van der Waals surface area (Å²) < 4.78 is 20.3. The van der Waals surface area contributed by atoms with Crippen molar-refractivity contribution in [1.29, 1.82) is 0 Å². The average Bonchev–Trinajstić information content (AvgIpc) is 3.33. The third-order valence-electron chi connectivity index (χ3n) is 5.65. The molecular formula is C24H20FN5O4S. The summed E-state index contributed by atoms with van der Waals surface area (Å²) in [5.74, 6) is -0.979. The van der Waals surface area contributed by atoms with Crippen LogP contribution in [0.1, 0.15) is 16.1 Å². The number of amides is 1. The van der Waals surface area contributed by atoms with Crippen molar-refractivity contribution in [3.8, 4) is 0 Å². The number of morpholine rings is 1. The number of ether oxygens (including phenoxy) is 1. The predicted molar refractivity (Wildman–Crippen MR) is 130 cm³/mol. The molecule has 1 fully saturated rings. The molecule has 1 aliphatic heterocycles. The lowest BCUT2D eigenvalue weighted by atomic mass is 10.1. The van der Waals surface area contributed by atoms with Gasteiger partial charge in [0.1, 0.15) is 17.0 Å². The number of nitrogens with zero attached hydrogens (tertiary/aromatic N) is 5. The number of hydrogen-bond acceptors (Lipinski definition) is 8. The molecule has 4 aromatic rings. The van der Waals surface area contributed by atoms with Crippen LogP contribution in [0.2, 0.25) is 0 Å². The summed E-state index contributed by atoms with van der Waals surface area (Å²) in [6.07, 6.45) is 1.61. The van der Waals surface area contributed by atoms with E-state index in [-0.39, 0.29) is 28.4 Å². The van der Waals surface area contributed by atoms with Gasteiger partial charge in [0.05, 0.1) is 35.1 Å².